The van der Waals surface area contributed by atoms with Gasteiger partial charge in [-0.2, -0.15) is 0 Å². The van der Waals surface area contributed by atoms with Crippen molar-refractivity contribution in [2.75, 3.05) is 13.7 Å². The summed E-state index contributed by atoms with van der Waals surface area (Å²) in [6.45, 7) is 3.51. The van der Waals surface area contributed by atoms with E-state index in [9.17, 15) is 9.59 Å². The maximum Gasteiger partial charge on any atom is 0.347 e. The first-order valence-electron chi connectivity index (χ1n) is 8.81. The topological polar surface area (TPSA) is 71.1 Å². The molecule has 0 bridgehead atoms. The second-order valence-electron chi connectivity index (χ2n) is 5.94. The van der Waals surface area contributed by atoms with Crippen LogP contribution in [0, 0.1) is 0 Å². The zero-order valence-electron chi connectivity index (χ0n) is 16.1. The Labute approximate surface area is 172 Å². The molecule has 2 rings (SSSR count). The van der Waals surface area contributed by atoms with Crippen LogP contribution in [0.25, 0.3) is 0 Å². The third kappa shape index (κ3) is 6.56. The van der Waals surface area contributed by atoms with Crippen molar-refractivity contribution in [3.05, 3.63) is 58.1 Å². The molecule has 0 aromatic heterocycles. The Kier molecular flexibility index (Phi) is 8.32. The third-order valence-corrected chi connectivity index (χ3v) is 4.33. The Balaban J connectivity index is 2.16. The molecule has 0 aliphatic heterocycles. The molecule has 1 atom stereocenters. The van der Waals surface area contributed by atoms with Crippen LogP contribution >= 0.6 is 15.9 Å². The van der Waals surface area contributed by atoms with Crippen LogP contribution in [0.2, 0.25) is 0 Å². The molecule has 6 nitrogen and oxygen atoms in total. The average Bonchev–Trinajstić information content (AvgIpc) is 2.67. The van der Waals surface area contributed by atoms with E-state index in [1.165, 1.54) is 6.92 Å². The first-order valence-corrected chi connectivity index (χ1v) is 9.60. The van der Waals surface area contributed by atoms with Crippen LogP contribution in [-0.2, 0) is 32.1 Å². The maximum absolute atomic E-state index is 12.2. The van der Waals surface area contributed by atoms with E-state index in [0.717, 1.165) is 21.3 Å². The molecular weight excluding hydrogens is 428 g/mol. The molecule has 150 valence electrons. The van der Waals surface area contributed by atoms with Crippen molar-refractivity contribution in [1.82, 2.24) is 0 Å². The minimum atomic E-state index is -1.03. The number of carbonyl (C=O) groups is 2. The Morgan fingerprint density at radius 2 is 1.82 bits per heavy atom. The molecule has 0 saturated carbocycles. The van der Waals surface area contributed by atoms with Gasteiger partial charge in [0.25, 0.3) is 0 Å². The lowest BCUT2D eigenvalue weighted by atomic mass is 10.1. The summed E-state index contributed by atoms with van der Waals surface area (Å²) < 4.78 is 22.1. The maximum atomic E-state index is 12.2. The lowest BCUT2D eigenvalue weighted by Crippen LogP contribution is -2.30. The molecule has 0 unspecified atom stereocenters. The molecule has 2 aromatic carbocycles. The van der Waals surface area contributed by atoms with Crippen molar-refractivity contribution >= 4 is 27.9 Å². The summed E-state index contributed by atoms with van der Waals surface area (Å²) in [6, 6.07) is 13.0. The molecule has 0 aliphatic rings. The Hall–Kier alpha value is -2.54. The van der Waals surface area contributed by atoms with E-state index >= 15 is 0 Å². The molecule has 0 fully saturated rings. The third-order valence-electron chi connectivity index (χ3n) is 3.84. The van der Waals surface area contributed by atoms with Gasteiger partial charge in [-0.25, -0.2) is 4.79 Å². The van der Waals surface area contributed by atoms with Crippen LogP contribution < -0.4 is 9.47 Å². The van der Waals surface area contributed by atoms with Gasteiger partial charge < -0.3 is 18.9 Å². The van der Waals surface area contributed by atoms with Gasteiger partial charge in [0.15, 0.2) is 0 Å². The minimum Gasteiger partial charge on any atom is -0.497 e. The van der Waals surface area contributed by atoms with E-state index in [1.807, 2.05) is 36.4 Å². The summed E-state index contributed by atoms with van der Waals surface area (Å²) in [5.74, 6) is 0.236. The van der Waals surface area contributed by atoms with Crippen LogP contribution in [0.4, 0.5) is 0 Å². The molecule has 7 heteroatoms. The van der Waals surface area contributed by atoms with Crippen LogP contribution in [-0.4, -0.2) is 31.8 Å². The van der Waals surface area contributed by atoms with E-state index in [0.29, 0.717) is 12.4 Å². The fourth-order valence-electron chi connectivity index (χ4n) is 2.54. The molecule has 0 heterocycles. The standard InChI is InChI=1S/C21H23BrO6/c1-4-26-21(24)20(28-14(2)23)12-16-11-17(22)7-10-19(16)27-13-15-5-8-18(25-3)9-6-15/h5-11,20H,4,12-13H2,1-3H3/t20-/m1/s1. The van der Waals surface area contributed by atoms with Crippen LogP contribution in [0.5, 0.6) is 11.5 Å². The van der Waals surface area contributed by atoms with Gasteiger partial charge in [-0.05, 0) is 48.4 Å². The number of rotatable bonds is 9. The Bertz CT molecular complexity index is 803. The highest BCUT2D eigenvalue weighted by Crippen LogP contribution is 2.26. The summed E-state index contributed by atoms with van der Waals surface area (Å²) >= 11 is 3.42. The first kappa shape index (κ1) is 21.8. The highest BCUT2D eigenvalue weighted by atomic mass is 79.9. The molecule has 0 aliphatic carbocycles. The largest absolute Gasteiger partial charge is 0.497 e. The second-order valence-corrected chi connectivity index (χ2v) is 6.86. The van der Waals surface area contributed by atoms with Gasteiger partial charge in [-0.1, -0.05) is 28.1 Å². The van der Waals surface area contributed by atoms with Crippen LogP contribution in [0.1, 0.15) is 25.0 Å². The van der Waals surface area contributed by atoms with Gasteiger partial charge in [-0.15, -0.1) is 0 Å². The summed E-state index contributed by atoms with van der Waals surface area (Å²) in [5.41, 5.74) is 1.69. The number of esters is 2. The molecule has 0 N–H and O–H groups in total. The van der Waals surface area contributed by atoms with Crippen molar-refractivity contribution in [3.8, 4) is 11.5 Å². The molecule has 0 saturated heterocycles. The number of benzene rings is 2. The predicted molar refractivity (Wildman–Crippen MR) is 107 cm³/mol. The smallest absolute Gasteiger partial charge is 0.347 e. The van der Waals surface area contributed by atoms with Gasteiger partial charge in [0.05, 0.1) is 13.7 Å². The van der Waals surface area contributed by atoms with Crippen molar-refractivity contribution in [2.45, 2.75) is 33.0 Å². The monoisotopic (exact) mass is 450 g/mol. The van der Waals surface area contributed by atoms with Gasteiger partial charge in [0.2, 0.25) is 6.10 Å². The Morgan fingerprint density at radius 1 is 1.11 bits per heavy atom. The molecule has 2 aromatic rings. The van der Waals surface area contributed by atoms with Crippen LogP contribution in [0.15, 0.2) is 46.9 Å². The van der Waals surface area contributed by atoms with E-state index in [4.69, 9.17) is 18.9 Å². The van der Waals surface area contributed by atoms with Crippen molar-refractivity contribution < 1.29 is 28.5 Å². The highest BCUT2D eigenvalue weighted by molar-refractivity contribution is 9.10. The number of hydrogen-bond donors (Lipinski definition) is 0. The van der Waals surface area contributed by atoms with E-state index in [-0.39, 0.29) is 13.0 Å². The Morgan fingerprint density at radius 3 is 2.43 bits per heavy atom. The van der Waals surface area contributed by atoms with Crippen LogP contribution in [0.3, 0.4) is 0 Å². The van der Waals surface area contributed by atoms with Crippen molar-refractivity contribution in [1.29, 1.82) is 0 Å². The first-order chi connectivity index (χ1) is 13.4. The molecular formula is C21H23BrO6. The molecule has 0 radical (unpaired) electrons. The minimum absolute atomic E-state index is 0.149. The van der Waals surface area contributed by atoms with E-state index in [1.54, 1.807) is 20.1 Å². The lowest BCUT2D eigenvalue weighted by Gasteiger charge is -2.18. The van der Waals surface area contributed by atoms with Gasteiger partial charge >= 0.3 is 11.9 Å². The average molecular weight is 451 g/mol. The normalized spacial score (nSPS) is 11.4. The number of halogens is 1. The quantitative estimate of drug-likeness (QED) is 0.536. The zero-order valence-corrected chi connectivity index (χ0v) is 17.7. The fraction of sp³-hybridized carbons (Fsp3) is 0.333. The molecule has 28 heavy (non-hydrogen) atoms. The predicted octanol–water partition coefficient (Wildman–Crippen LogP) is 4.07. The lowest BCUT2D eigenvalue weighted by molar-refractivity contribution is -0.166. The molecule has 0 spiro atoms. The SMILES string of the molecule is CCOC(=O)[C@@H](Cc1cc(Br)ccc1OCc1ccc(OC)cc1)OC(C)=O. The molecule has 0 amide bonds. The highest BCUT2D eigenvalue weighted by Gasteiger charge is 2.25. The summed E-state index contributed by atoms with van der Waals surface area (Å²) in [7, 11) is 1.61. The van der Waals surface area contributed by atoms with Crippen molar-refractivity contribution in [2.24, 2.45) is 0 Å². The number of methoxy groups -OCH3 is 1. The second kappa shape index (κ2) is 10.7. The number of carbonyl (C=O) groups excluding carboxylic acids is 2. The van der Waals surface area contributed by atoms with Gasteiger partial charge in [0, 0.05) is 17.8 Å². The number of ether oxygens (including phenoxy) is 4. The van der Waals surface area contributed by atoms with Crippen molar-refractivity contribution in [3.63, 3.8) is 0 Å². The fourth-order valence-corrected chi connectivity index (χ4v) is 2.95. The zero-order chi connectivity index (χ0) is 20.5. The van der Waals surface area contributed by atoms with E-state index < -0.39 is 18.0 Å². The van der Waals surface area contributed by atoms with E-state index in [2.05, 4.69) is 15.9 Å². The van der Waals surface area contributed by atoms with Gasteiger partial charge in [-0.3, -0.25) is 4.79 Å². The summed E-state index contributed by atoms with van der Waals surface area (Å²) in [6.07, 6.45) is -0.884. The summed E-state index contributed by atoms with van der Waals surface area (Å²) in [4.78, 5) is 23.5. The van der Waals surface area contributed by atoms with Gasteiger partial charge in [0.1, 0.15) is 18.1 Å². The summed E-state index contributed by atoms with van der Waals surface area (Å²) in [5, 5.41) is 0. The number of hydrogen-bond acceptors (Lipinski definition) is 6.